The van der Waals surface area contributed by atoms with Crippen LogP contribution in [0.25, 0.3) is 0 Å². The molecule has 26 heavy (non-hydrogen) atoms. The van der Waals surface area contributed by atoms with Gasteiger partial charge in [-0.05, 0) is 11.6 Å². The molecule has 2 aliphatic heterocycles. The Morgan fingerprint density at radius 3 is 2.88 bits per heavy atom. The maximum atomic E-state index is 12.7. The van der Waals surface area contributed by atoms with Crippen molar-refractivity contribution in [1.29, 1.82) is 0 Å². The van der Waals surface area contributed by atoms with Gasteiger partial charge in [0.2, 0.25) is 5.82 Å². The van der Waals surface area contributed by atoms with Gasteiger partial charge in [-0.15, -0.1) is 0 Å². The van der Waals surface area contributed by atoms with E-state index in [9.17, 15) is 4.79 Å². The molecule has 2 fully saturated rings. The minimum absolute atomic E-state index is 0.0163. The van der Waals surface area contributed by atoms with Crippen molar-refractivity contribution in [3.05, 3.63) is 48.3 Å². The fourth-order valence-corrected chi connectivity index (χ4v) is 3.52. The predicted molar refractivity (Wildman–Crippen MR) is 92.7 cm³/mol. The number of morpholine rings is 1. The fraction of sp³-hybridized carbons (Fsp3) is 0.444. The Kier molecular flexibility index (Phi) is 4.77. The number of carbonyl (C=O) groups is 1. The van der Waals surface area contributed by atoms with E-state index in [-0.39, 0.29) is 23.9 Å². The monoisotopic (exact) mass is 355 g/mol. The zero-order chi connectivity index (χ0) is 17.9. The summed E-state index contributed by atoms with van der Waals surface area (Å²) in [7, 11) is 1.54. The van der Waals surface area contributed by atoms with Crippen LogP contribution in [-0.4, -0.2) is 76.2 Å². The highest BCUT2D eigenvalue weighted by atomic mass is 16.5. The summed E-state index contributed by atoms with van der Waals surface area (Å²) in [6.45, 7) is 3.49. The molecule has 0 bridgehead atoms. The van der Waals surface area contributed by atoms with Gasteiger partial charge in [-0.3, -0.25) is 14.7 Å². The second-order valence-corrected chi connectivity index (χ2v) is 6.46. The number of amides is 1. The second kappa shape index (κ2) is 7.35. The van der Waals surface area contributed by atoms with Crippen LogP contribution in [0.2, 0.25) is 0 Å². The van der Waals surface area contributed by atoms with Gasteiger partial charge < -0.3 is 14.4 Å². The summed E-state index contributed by atoms with van der Waals surface area (Å²) >= 11 is 0. The molecule has 2 aromatic heterocycles. The maximum absolute atomic E-state index is 12.7. The first-order valence-electron chi connectivity index (χ1n) is 8.64. The van der Waals surface area contributed by atoms with Gasteiger partial charge in [-0.25, -0.2) is 9.97 Å². The number of carbonyl (C=O) groups excluding carboxylic acids is 1. The van der Waals surface area contributed by atoms with Gasteiger partial charge in [-0.1, -0.05) is 6.07 Å². The Hall–Kier alpha value is -2.58. The third-order valence-corrected chi connectivity index (χ3v) is 4.87. The van der Waals surface area contributed by atoms with E-state index < -0.39 is 0 Å². The third kappa shape index (κ3) is 3.38. The van der Waals surface area contributed by atoms with E-state index in [1.54, 1.807) is 18.2 Å². The Morgan fingerprint density at radius 1 is 1.31 bits per heavy atom. The molecule has 0 spiro atoms. The molecule has 0 aliphatic carbocycles. The number of fused-ring (bicyclic) bond motifs is 1. The van der Waals surface area contributed by atoms with E-state index in [1.165, 1.54) is 12.4 Å². The normalized spacial score (nSPS) is 22.9. The zero-order valence-corrected chi connectivity index (χ0v) is 14.6. The molecule has 0 radical (unpaired) electrons. The number of aromatic nitrogens is 3. The van der Waals surface area contributed by atoms with Crippen LogP contribution < -0.4 is 4.74 Å². The standard InChI is InChI=1S/C18H21N5O3/c1-25-14-8-20-17(21-9-14)18(24)23-11-15-16(12-23)26-6-5-22(15)10-13-3-2-4-19-7-13/h2-4,7-9,15-16H,5-6,10-12H2,1H3/t15-,16-/m0/s1. The largest absolute Gasteiger partial charge is 0.494 e. The van der Waals surface area contributed by atoms with Gasteiger partial charge in [0, 0.05) is 38.6 Å². The van der Waals surface area contributed by atoms with Crippen molar-refractivity contribution in [2.45, 2.75) is 18.7 Å². The molecular weight excluding hydrogens is 334 g/mol. The van der Waals surface area contributed by atoms with E-state index in [0.717, 1.165) is 18.7 Å². The minimum Gasteiger partial charge on any atom is -0.494 e. The number of methoxy groups -OCH3 is 1. The van der Waals surface area contributed by atoms with Crippen LogP contribution in [0.4, 0.5) is 0 Å². The number of pyridine rings is 1. The van der Waals surface area contributed by atoms with Crippen molar-refractivity contribution in [3.63, 3.8) is 0 Å². The second-order valence-electron chi connectivity index (χ2n) is 6.46. The highest BCUT2D eigenvalue weighted by Crippen LogP contribution is 2.25. The summed E-state index contributed by atoms with van der Waals surface area (Å²) in [6, 6.07) is 4.19. The lowest BCUT2D eigenvalue weighted by Gasteiger charge is -2.36. The van der Waals surface area contributed by atoms with Crippen LogP contribution in [0.5, 0.6) is 5.75 Å². The number of hydrogen-bond donors (Lipinski definition) is 0. The first-order chi connectivity index (χ1) is 12.7. The Bertz CT molecular complexity index is 755. The lowest BCUT2D eigenvalue weighted by molar-refractivity contribution is -0.0503. The summed E-state index contributed by atoms with van der Waals surface area (Å²) in [5.74, 6) is 0.540. The van der Waals surface area contributed by atoms with Crippen molar-refractivity contribution in [1.82, 2.24) is 24.8 Å². The fourth-order valence-electron chi connectivity index (χ4n) is 3.52. The third-order valence-electron chi connectivity index (χ3n) is 4.87. The summed E-state index contributed by atoms with van der Waals surface area (Å²) in [4.78, 5) is 29.3. The van der Waals surface area contributed by atoms with Crippen molar-refractivity contribution in [2.75, 3.05) is 33.4 Å². The number of likely N-dealkylation sites (tertiary alicyclic amines) is 1. The van der Waals surface area contributed by atoms with Crippen molar-refractivity contribution in [3.8, 4) is 5.75 Å². The van der Waals surface area contributed by atoms with Gasteiger partial charge in [0.25, 0.3) is 5.91 Å². The Labute approximate surface area is 151 Å². The minimum atomic E-state index is -0.174. The summed E-state index contributed by atoms with van der Waals surface area (Å²) in [5, 5.41) is 0. The number of nitrogens with zero attached hydrogens (tertiary/aromatic N) is 5. The van der Waals surface area contributed by atoms with Crippen LogP contribution in [0.1, 0.15) is 16.2 Å². The Morgan fingerprint density at radius 2 is 2.15 bits per heavy atom. The highest BCUT2D eigenvalue weighted by Gasteiger charge is 2.42. The topological polar surface area (TPSA) is 80.7 Å². The van der Waals surface area contributed by atoms with Crippen LogP contribution in [0, 0.1) is 0 Å². The number of ether oxygens (including phenoxy) is 2. The van der Waals surface area contributed by atoms with Crippen molar-refractivity contribution < 1.29 is 14.3 Å². The molecule has 2 saturated heterocycles. The lowest BCUT2D eigenvalue weighted by Crippen LogP contribution is -2.50. The maximum Gasteiger partial charge on any atom is 0.291 e. The average Bonchev–Trinajstić information content (AvgIpc) is 3.14. The molecule has 136 valence electrons. The van der Waals surface area contributed by atoms with Gasteiger partial charge in [-0.2, -0.15) is 0 Å². The SMILES string of the molecule is COc1cnc(C(=O)N2C[C@@H]3OCCN(Cc4cccnc4)[C@H]3C2)nc1. The molecule has 1 amide bonds. The molecule has 0 saturated carbocycles. The average molecular weight is 355 g/mol. The first kappa shape index (κ1) is 16.9. The molecule has 2 atom stereocenters. The summed E-state index contributed by atoms with van der Waals surface area (Å²) in [5.41, 5.74) is 1.16. The van der Waals surface area contributed by atoms with Crippen LogP contribution >= 0.6 is 0 Å². The smallest absolute Gasteiger partial charge is 0.291 e. The first-order valence-corrected chi connectivity index (χ1v) is 8.64. The van der Waals surface area contributed by atoms with Crippen molar-refractivity contribution >= 4 is 5.91 Å². The predicted octanol–water partition coefficient (Wildman–Crippen LogP) is 0.606. The molecule has 8 nitrogen and oxygen atoms in total. The molecule has 0 aromatic carbocycles. The van der Waals surface area contributed by atoms with Crippen LogP contribution in [-0.2, 0) is 11.3 Å². The van der Waals surface area contributed by atoms with Gasteiger partial charge >= 0.3 is 0 Å². The van der Waals surface area contributed by atoms with Crippen LogP contribution in [0.3, 0.4) is 0 Å². The molecule has 0 N–H and O–H groups in total. The molecule has 4 rings (SSSR count). The van der Waals surface area contributed by atoms with E-state index >= 15 is 0 Å². The molecule has 2 aromatic rings. The quantitative estimate of drug-likeness (QED) is 0.795. The number of rotatable bonds is 4. The van der Waals surface area contributed by atoms with Gasteiger partial charge in [0.15, 0.2) is 5.75 Å². The van der Waals surface area contributed by atoms with E-state index in [4.69, 9.17) is 9.47 Å². The van der Waals surface area contributed by atoms with E-state index in [1.807, 2.05) is 12.3 Å². The van der Waals surface area contributed by atoms with E-state index in [0.29, 0.717) is 25.4 Å². The zero-order valence-electron chi connectivity index (χ0n) is 14.6. The molecular formula is C18H21N5O3. The summed E-state index contributed by atoms with van der Waals surface area (Å²) in [6.07, 6.45) is 6.69. The Balaban J connectivity index is 1.45. The molecule has 4 heterocycles. The summed E-state index contributed by atoms with van der Waals surface area (Å²) < 4.78 is 11.0. The van der Waals surface area contributed by atoms with Crippen molar-refractivity contribution in [2.24, 2.45) is 0 Å². The molecule has 8 heteroatoms. The number of hydrogen-bond acceptors (Lipinski definition) is 7. The lowest BCUT2D eigenvalue weighted by atomic mass is 10.1. The molecule has 0 unspecified atom stereocenters. The van der Waals surface area contributed by atoms with Gasteiger partial charge in [0.1, 0.15) is 0 Å². The van der Waals surface area contributed by atoms with Crippen LogP contribution in [0.15, 0.2) is 36.9 Å². The molecule has 2 aliphatic rings. The van der Waals surface area contributed by atoms with Gasteiger partial charge in [0.05, 0.1) is 38.3 Å². The van der Waals surface area contributed by atoms with E-state index in [2.05, 4.69) is 25.9 Å². The highest BCUT2D eigenvalue weighted by molar-refractivity contribution is 5.90.